The first kappa shape index (κ1) is 19.0. The maximum absolute atomic E-state index is 12.9. The number of nitrogens with zero attached hydrogens (tertiary/aromatic N) is 2. The number of aromatic carboxylic acids is 1. The van der Waals surface area contributed by atoms with E-state index in [0.29, 0.717) is 26.6 Å². The van der Waals surface area contributed by atoms with Crippen LogP contribution in [-0.4, -0.2) is 20.5 Å². The first-order valence-electron chi connectivity index (χ1n) is 8.66. The van der Waals surface area contributed by atoms with E-state index in [-0.39, 0.29) is 16.1 Å². The third kappa shape index (κ3) is 3.13. The number of halogens is 2. The Morgan fingerprint density at radius 2 is 2.03 bits per heavy atom. The molecule has 2 aromatic carbocycles. The van der Waals surface area contributed by atoms with Gasteiger partial charge in [0.15, 0.2) is 4.96 Å². The topological polar surface area (TPSA) is 84.8 Å². The molecular formula is C21H10BrClN2O4S. The van der Waals surface area contributed by atoms with Crippen LogP contribution in [0.15, 0.2) is 62.2 Å². The summed E-state index contributed by atoms with van der Waals surface area (Å²) in [7, 11) is 0. The van der Waals surface area contributed by atoms with Crippen LogP contribution in [0.4, 0.5) is 0 Å². The van der Waals surface area contributed by atoms with Gasteiger partial charge < -0.3 is 9.52 Å². The summed E-state index contributed by atoms with van der Waals surface area (Å²) in [6.45, 7) is 0. The Kier molecular flexibility index (Phi) is 4.50. The highest BCUT2D eigenvalue weighted by atomic mass is 79.9. The Labute approximate surface area is 185 Å². The Morgan fingerprint density at radius 1 is 1.20 bits per heavy atom. The summed E-state index contributed by atoms with van der Waals surface area (Å²) in [5.41, 5.74) is 1.90. The van der Waals surface area contributed by atoms with Crippen molar-refractivity contribution < 1.29 is 14.3 Å². The zero-order valence-corrected chi connectivity index (χ0v) is 18.1. The van der Waals surface area contributed by atoms with Crippen LogP contribution in [0.3, 0.4) is 0 Å². The molecule has 5 aromatic rings. The van der Waals surface area contributed by atoms with Crippen molar-refractivity contribution in [2.45, 2.75) is 0 Å². The number of rotatable bonds is 3. The minimum Gasteiger partial charge on any atom is -0.478 e. The summed E-state index contributed by atoms with van der Waals surface area (Å²) in [6, 6.07) is 13.7. The van der Waals surface area contributed by atoms with Crippen molar-refractivity contribution in [3.8, 4) is 11.3 Å². The molecule has 30 heavy (non-hydrogen) atoms. The molecule has 148 valence electrons. The van der Waals surface area contributed by atoms with E-state index in [1.807, 2.05) is 18.2 Å². The molecule has 5 rings (SSSR count). The molecule has 0 aliphatic carbocycles. The first-order chi connectivity index (χ1) is 14.4. The molecule has 1 N–H and O–H groups in total. The number of carbonyl (C=O) groups is 1. The number of furan rings is 1. The first-order valence-corrected chi connectivity index (χ1v) is 10.6. The third-order valence-electron chi connectivity index (χ3n) is 4.58. The van der Waals surface area contributed by atoms with Gasteiger partial charge in [-0.1, -0.05) is 38.9 Å². The second kappa shape index (κ2) is 7.09. The summed E-state index contributed by atoms with van der Waals surface area (Å²) in [5.74, 6) is -0.163. The van der Waals surface area contributed by atoms with Gasteiger partial charge in [0.2, 0.25) is 0 Å². The van der Waals surface area contributed by atoms with Gasteiger partial charge in [0.1, 0.15) is 16.1 Å². The van der Waals surface area contributed by atoms with Gasteiger partial charge in [-0.3, -0.25) is 4.79 Å². The maximum Gasteiger partial charge on any atom is 0.337 e. The largest absolute Gasteiger partial charge is 0.478 e. The molecule has 0 atom stereocenters. The van der Waals surface area contributed by atoms with Crippen molar-refractivity contribution in [1.29, 1.82) is 0 Å². The Balaban J connectivity index is 1.59. The standard InChI is InChI=1S/C21H10BrClN2O4S/c22-11-2-5-15-16(8-11)25-19(26)18(30-21(25)24-15)9-12-3-6-17(29-12)10-1-4-14(23)13(7-10)20(27)28/h1-9H,(H,27,28)/b18-9+. The average molecular weight is 502 g/mol. The normalized spacial score (nSPS) is 12.3. The number of benzene rings is 2. The zero-order valence-electron chi connectivity index (χ0n) is 14.9. The van der Waals surface area contributed by atoms with Gasteiger partial charge in [0, 0.05) is 16.1 Å². The second-order valence-corrected chi connectivity index (χ2v) is 8.81. The third-order valence-corrected chi connectivity index (χ3v) is 6.37. The second-order valence-electron chi connectivity index (χ2n) is 6.48. The maximum atomic E-state index is 12.9. The highest BCUT2D eigenvalue weighted by Gasteiger charge is 2.14. The molecule has 0 bridgehead atoms. The van der Waals surface area contributed by atoms with E-state index in [0.717, 1.165) is 15.5 Å². The number of fused-ring (bicyclic) bond motifs is 3. The van der Waals surface area contributed by atoms with Gasteiger partial charge in [-0.2, -0.15) is 0 Å². The minimum absolute atomic E-state index is 0.00420. The van der Waals surface area contributed by atoms with Crippen LogP contribution in [0.25, 0.3) is 33.4 Å². The van der Waals surface area contributed by atoms with Crippen LogP contribution in [0.5, 0.6) is 0 Å². The fourth-order valence-electron chi connectivity index (χ4n) is 3.19. The highest BCUT2D eigenvalue weighted by Crippen LogP contribution is 2.27. The lowest BCUT2D eigenvalue weighted by Crippen LogP contribution is -2.22. The molecule has 3 aromatic heterocycles. The van der Waals surface area contributed by atoms with Gasteiger partial charge in [0.05, 0.1) is 21.6 Å². The molecule has 0 saturated heterocycles. The quantitative estimate of drug-likeness (QED) is 0.383. The van der Waals surface area contributed by atoms with Gasteiger partial charge >= 0.3 is 5.97 Å². The number of carboxylic acid groups (broad SMARTS) is 1. The molecule has 0 aliphatic rings. The number of hydrogen-bond donors (Lipinski definition) is 1. The highest BCUT2D eigenvalue weighted by molar-refractivity contribution is 9.10. The number of imidazole rings is 1. The predicted molar refractivity (Wildman–Crippen MR) is 119 cm³/mol. The average Bonchev–Trinajstić information content (AvgIpc) is 3.38. The molecule has 6 nitrogen and oxygen atoms in total. The zero-order chi connectivity index (χ0) is 21.0. The summed E-state index contributed by atoms with van der Waals surface area (Å²) >= 11 is 10.6. The monoisotopic (exact) mass is 500 g/mol. The van der Waals surface area contributed by atoms with E-state index in [9.17, 15) is 14.7 Å². The van der Waals surface area contributed by atoms with Gasteiger partial charge in [-0.25, -0.2) is 14.2 Å². The lowest BCUT2D eigenvalue weighted by atomic mass is 10.1. The van der Waals surface area contributed by atoms with Crippen molar-refractivity contribution in [1.82, 2.24) is 9.38 Å². The molecule has 0 aliphatic heterocycles. The van der Waals surface area contributed by atoms with Crippen molar-refractivity contribution in [3.63, 3.8) is 0 Å². The smallest absolute Gasteiger partial charge is 0.337 e. The van der Waals surface area contributed by atoms with E-state index in [1.165, 1.54) is 23.5 Å². The molecule has 0 spiro atoms. The van der Waals surface area contributed by atoms with Crippen LogP contribution in [0.2, 0.25) is 5.02 Å². The fraction of sp³-hybridized carbons (Fsp3) is 0. The van der Waals surface area contributed by atoms with E-state index in [2.05, 4.69) is 20.9 Å². The predicted octanol–water partition coefficient (Wildman–Crippen LogP) is 4.83. The molecule has 0 radical (unpaired) electrons. The SMILES string of the molecule is O=C(O)c1cc(-c2ccc(/C=c3/sc4nc5ccc(Br)cc5n4c3=O)o2)ccc1Cl. The van der Waals surface area contributed by atoms with E-state index in [1.54, 1.807) is 28.7 Å². The lowest BCUT2D eigenvalue weighted by Gasteiger charge is -2.01. The number of hydrogen-bond acceptors (Lipinski definition) is 5. The molecule has 3 heterocycles. The van der Waals surface area contributed by atoms with E-state index in [4.69, 9.17) is 16.0 Å². The molecular weight excluding hydrogens is 492 g/mol. The number of aromatic nitrogens is 2. The van der Waals surface area contributed by atoms with Crippen LogP contribution >= 0.6 is 38.9 Å². The molecule has 0 saturated carbocycles. The Bertz CT molecular complexity index is 1580. The summed E-state index contributed by atoms with van der Waals surface area (Å²) in [4.78, 5) is 29.3. The van der Waals surface area contributed by atoms with Crippen LogP contribution in [-0.2, 0) is 0 Å². The van der Waals surface area contributed by atoms with E-state index >= 15 is 0 Å². The van der Waals surface area contributed by atoms with Crippen molar-refractivity contribution in [2.75, 3.05) is 0 Å². The summed E-state index contributed by atoms with van der Waals surface area (Å²) in [6.07, 6.45) is 1.66. The number of thiazole rings is 1. The molecule has 0 unspecified atom stereocenters. The Morgan fingerprint density at radius 3 is 2.83 bits per heavy atom. The van der Waals surface area contributed by atoms with Gasteiger partial charge in [-0.15, -0.1) is 0 Å². The lowest BCUT2D eigenvalue weighted by molar-refractivity contribution is 0.0697. The van der Waals surface area contributed by atoms with Gasteiger partial charge in [-0.05, 0) is 48.5 Å². The van der Waals surface area contributed by atoms with Crippen LogP contribution in [0, 0.1) is 0 Å². The molecule has 0 amide bonds. The molecule has 0 fully saturated rings. The van der Waals surface area contributed by atoms with Crippen LogP contribution < -0.4 is 10.1 Å². The summed E-state index contributed by atoms with van der Waals surface area (Å²) < 4.78 is 8.76. The minimum atomic E-state index is -1.11. The number of carboxylic acids is 1. The van der Waals surface area contributed by atoms with Crippen molar-refractivity contribution in [3.05, 3.63) is 84.2 Å². The van der Waals surface area contributed by atoms with Crippen molar-refractivity contribution in [2.24, 2.45) is 0 Å². The fourth-order valence-corrected chi connectivity index (χ4v) is 4.71. The summed E-state index contributed by atoms with van der Waals surface area (Å²) in [5, 5.41) is 9.40. The van der Waals surface area contributed by atoms with Crippen LogP contribution in [0.1, 0.15) is 16.1 Å². The van der Waals surface area contributed by atoms with Gasteiger partial charge in [0.25, 0.3) is 5.56 Å². The van der Waals surface area contributed by atoms with E-state index < -0.39 is 5.97 Å². The van der Waals surface area contributed by atoms with Crippen molar-refractivity contribution >= 4 is 66.9 Å². The Hall–Kier alpha value is -2.94. The molecule has 9 heteroatoms.